The summed E-state index contributed by atoms with van der Waals surface area (Å²) in [6.07, 6.45) is 4.33. The van der Waals surface area contributed by atoms with E-state index in [1.165, 1.54) is 10.9 Å². The monoisotopic (exact) mass is 260 g/mol. The predicted molar refractivity (Wildman–Crippen MR) is 64.1 cm³/mol. The SMILES string of the molecule is Cn1cc(NC(=O)C(N)CCS(C)(=O)=O)cn1. The second kappa shape index (κ2) is 5.28. The first kappa shape index (κ1) is 13.7. The highest BCUT2D eigenvalue weighted by atomic mass is 32.2. The van der Waals surface area contributed by atoms with Gasteiger partial charge in [-0.1, -0.05) is 0 Å². The molecule has 1 rings (SSSR count). The Kier molecular flexibility index (Phi) is 4.24. The van der Waals surface area contributed by atoms with E-state index in [0.717, 1.165) is 6.26 Å². The topological polar surface area (TPSA) is 107 Å². The van der Waals surface area contributed by atoms with Crippen LogP contribution in [0.1, 0.15) is 6.42 Å². The van der Waals surface area contributed by atoms with Gasteiger partial charge < -0.3 is 11.1 Å². The van der Waals surface area contributed by atoms with E-state index >= 15 is 0 Å². The summed E-state index contributed by atoms with van der Waals surface area (Å²) in [6.45, 7) is 0. The van der Waals surface area contributed by atoms with E-state index in [2.05, 4.69) is 10.4 Å². The highest BCUT2D eigenvalue weighted by Gasteiger charge is 2.16. The van der Waals surface area contributed by atoms with Crippen molar-refractivity contribution in [2.45, 2.75) is 12.5 Å². The van der Waals surface area contributed by atoms with Gasteiger partial charge in [0.1, 0.15) is 9.84 Å². The summed E-state index contributed by atoms with van der Waals surface area (Å²) in [5.41, 5.74) is 6.11. The summed E-state index contributed by atoms with van der Waals surface area (Å²) in [5, 5.41) is 6.44. The van der Waals surface area contributed by atoms with Crippen LogP contribution >= 0.6 is 0 Å². The van der Waals surface area contributed by atoms with E-state index in [0.29, 0.717) is 5.69 Å². The molecule has 1 aromatic rings. The lowest BCUT2D eigenvalue weighted by molar-refractivity contribution is -0.117. The maximum Gasteiger partial charge on any atom is 0.241 e. The van der Waals surface area contributed by atoms with Gasteiger partial charge in [0.2, 0.25) is 5.91 Å². The molecule has 1 amide bonds. The van der Waals surface area contributed by atoms with E-state index in [-0.39, 0.29) is 12.2 Å². The smallest absolute Gasteiger partial charge is 0.241 e. The molecule has 0 fully saturated rings. The van der Waals surface area contributed by atoms with Crippen LogP contribution in [0.2, 0.25) is 0 Å². The first-order chi connectivity index (χ1) is 7.78. The highest BCUT2D eigenvalue weighted by Crippen LogP contribution is 2.05. The zero-order valence-electron chi connectivity index (χ0n) is 9.75. The summed E-state index contributed by atoms with van der Waals surface area (Å²) in [4.78, 5) is 11.6. The number of carbonyl (C=O) groups excluding carboxylic acids is 1. The van der Waals surface area contributed by atoms with Crippen molar-refractivity contribution in [2.75, 3.05) is 17.3 Å². The molecular weight excluding hydrogens is 244 g/mol. The van der Waals surface area contributed by atoms with Gasteiger partial charge in [-0.05, 0) is 6.42 Å². The maximum absolute atomic E-state index is 11.6. The number of nitrogens with one attached hydrogen (secondary N) is 1. The first-order valence-electron chi connectivity index (χ1n) is 5.01. The summed E-state index contributed by atoms with van der Waals surface area (Å²) in [6, 6.07) is -0.843. The van der Waals surface area contributed by atoms with Crippen molar-refractivity contribution in [2.24, 2.45) is 12.8 Å². The van der Waals surface area contributed by atoms with Crippen molar-refractivity contribution in [3.63, 3.8) is 0 Å². The molecule has 0 aromatic carbocycles. The molecule has 0 aliphatic carbocycles. The number of nitrogens with zero attached hydrogens (tertiary/aromatic N) is 2. The normalized spacial score (nSPS) is 13.4. The second-order valence-electron chi connectivity index (χ2n) is 3.92. The number of sulfone groups is 1. The summed E-state index contributed by atoms with van der Waals surface area (Å²) < 4.78 is 23.4. The molecule has 1 atom stereocenters. The number of hydrogen-bond acceptors (Lipinski definition) is 5. The highest BCUT2D eigenvalue weighted by molar-refractivity contribution is 7.90. The fourth-order valence-electron chi connectivity index (χ4n) is 1.19. The van der Waals surface area contributed by atoms with Gasteiger partial charge in [0.25, 0.3) is 0 Å². The van der Waals surface area contributed by atoms with Crippen LogP contribution < -0.4 is 11.1 Å². The fourth-order valence-corrected chi connectivity index (χ4v) is 1.87. The Morgan fingerprint density at radius 3 is 2.76 bits per heavy atom. The van der Waals surface area contributed by atoms with Gasteiger partial charge in [0.15, 0.2) is 0 Å². The first-order valence-corrected chi connectivity index (χ1v) is 7.07. The van der Waals surface area contributed by atoms with Crippen molar-refractivity contribution < 1.29 is 13.2 Å². The molecule has 0 radical (unpaired) electrons. The van der Waals surface area contributed by atoms with E-state index in [1.807, 2.05) is 0 Å². The van der Waals surface area contributed by atoms with Crippen LogP contribution in [0.15, 0.2) is 12.4 Å². The zero-order valence-corrected chi connectivity index (χ0v) is 10.6. The van der Waals surface area contributed by atoms with Crippen LogP contribution in [-0.4, -0.2) is 42.2 Å². The zero-order chi connectivity index (χ0) is 13.1. The van der Waals surface area contributed by atoms with Gasteiger partial charge in [-0.25, -0.2) is 8.42 Å². The van der Waals surface area contributed by atoms with Gasteiger partial charge in [0.05, 0.1) is 23.7 Å². The molecule has 1 aromatic heterocycles. The third-order valence-electron chi connectivity index (χ3n) is 2.11. The van der Waals surface area contributed by atoms with E-state index < -0.39 is 21.8 Å². The molecular formula is C9H16N4O3S. The Labute approximate surface area is 99.9 Å². The molecule has 0 saturated heterocycles. The minimum atomic E-state index is -3.10. The Morgan fingerprint density at radius 1 is 1.65 bits per heavy atom. The summed E-state index contributed by atoms with van der Waals surface area (Å²) in [5.74, 6) is -0.518. The Bertz CT molecular complexity index is 494. The number of anilines is 1. The van der Waals surface area contributed by atoms with E-state index in [4.69, 9.17) is 5.73 Å². The van der Waals surface area contributed by atoms with Crippen LogP contribution in [0.3, 0.4) is 0 Å². The van der Waals surface area contributed by atoms with Crippen LogP contribution in [-0.2, 0) is 21.7 Å². The van der Waals surface area contributed by atoms with Crippen LogP contribution in [0, 0.1) is 0 Å². The molecule has 1 heterocycles. The van der Waals surface area contributed by atoms with Gasteiger partial charge in [-0.15, -0.1) is 0 Å². The summed E-state index contributed by atoms with van der Waals surface area (Å²) >= 11 is 0. The van der Waals surface area contributed by atoms with Gasteiger partial charge >= 0.3 is 0 Å². The molecule has 0 saturated carbocycles. The van der Waals surface area contributed by atoms with Crippen molar-refractivity contribution in [3.05, 3.63) is 12.4 Å². The van der Waals surface area contributed by atoms with Gasteiger partial charge in [-0.2, -0.15) is 5.10 Å². The molecule has 96 valence electrons. The number of hydrogen-bond donors (Lipinski definition) is 2. The minimum Gasteiger partial charge on any atom is -0.322 e. The number of carbonyl (C=O) groups is 1. The van der Waals surface area contributed by atoms with E-state index in [9.17, 15) is 13.2 Å². The van der Waals surface area contributed by atoms with Crippen LogP contribution in [0.4, 0.5) is 5.69 Å². The average Bonchev–Trinajstić information content (AvgIpc) is 2.59. The molecule has 3 N–H and O–H groups in total. The number of aryl methyl sites for hydroxylation is 1. The standard InChI is InChI=1S/C9H16N4O3S/c1-13-6-7(5-11-13)12-9(14)8(10)3-4-17(2,15)16/h5-6,8H,3-4,10H2,1-2H3,(H,12,14). The molecule has 0 bridgehead atoms. The number of nitrogens with two attached hydrogens (primary N) is 1. The second-order valence-corrected chi connectivity index (χ2v) is 6.18. The maximum atomic E-state index is 11.6. The number of amides is 1. The van der Waals surface area contributed by atoms with Gasteiger partial charge in [-0.3, -0.25) is 9.48 Å². The predicted octanol–water partition coefficient (Wildman–Crippen LogP) is -0.879. The summed E-state index contributed by atoms with van der Waals surface area (Å²) in [7, 11) is -1.38. The Balaban J connectivity index is 2.47. The third-order valence-corrected chi connectivity index (χ3v) is 3.09. The Hall–Kier alpha value is -1.41. The van der Waals surface area contributed by atoms with Gasteiger partial charge in [0, 0.05) is 19.5 Å². The quantitative estimate of drug-likeness (QED) is 0.715. The molecule has 7 nitrogen and oxygen atoms in total. The van der Waals surface area contributed by atoms with Crippen molar-refractivity contribution in [3.8, 4) is 0 Å². The third kappa shape index (κ3) is 4.96. The van der Waals surface area contributed by atoms with E-state index in [1.54, 1.807) is 13.2 Å². The lowest BCUT2D eigenvalue weighted by atomic mass is 10.2. The Morgan fingerprint density at radius 2 is 2.29 bits per heavy atom. The lowest BCUT2D eigenvalue weighted by Gasteiger charge is -2.10. The van der Waals surface area contributed by atoms with Crippen LogP contribution in [0.5, 0.6) is 0 Å². The van der Waals surface area contributed by atoms with Crippen molar-refractivity contribution in [1.82, 2.24) is 9.78 Å². The molecule has 17 heavy (non-hydrogen) atoms. The molecule has 8 heteroatoms. The molecule has 0 aliphatic rings. The molecule has 0 aliphatic heterocycles. The fraction of sp³-hybridized carbons (Fsp3) is 0.556. The lowest BCUT2D eigenvalue weighted by Crippen LogP contribution is -2.37. The van der Waals surface area contributed by atoms with Crippen LogP contribution in [0.25, 0.3) is 0 Å². The molecule has 1 unspecified atom stereocenters. The largest absolute Gasteiger partial charge is 0.322 e. The minimum absolute atomic E-state index is 0.102. The average molecular weight is 260 g/mol. The number of rotatable bonds is 5. The molecule has 0 spiro atoms. The number of aromatic nitrogens is 2. The van der Waals surface area contributed by atoms with Crippen molar-refractivity contribution >= 4 is 21.4 Å². The van der Waals surface area contributed by atoms with Crippen molar-refractivity contribution in [1.29, 1.82) is 0 Å².